The Hall–Kier alpha value is -4.44. The maximum Gasteiger partial charge on any atom is 0.411 e. The minimum atomic E-state index is -0.660. The predicted molar refractivity (Wildman–Crippen MR) is 226 cm³/mol. The lowest BCUT2D eigenvalue weighted by Crippen LogP contribution is -2.54. The second kappa shape index (κ2) is 17.4. The number of hydrogen-bond acceptors (Lipinski definition) is 12. The smallest absolute Gasteiger partial charge is 0.411 e. The Kier molecular flexibility index (Phi) is 11.9. The highest BCUT2D eigenvalue weighted by atomic mass is 19.1. The summed E-state index contributed by atoms with van der Waals surface area (Å²) in [4.78, 5) is 33.5. The molecule has 61 heavy (non-hydrogen) atoms. The molecule has 13 nitrogen and oxygen atoms in total. The average Bonchev–Trinajstić information content (AvgIpc) is 3.84. The Morgan fingerprint density at radius 2 is 1.87 bits per heavy atom. The van der Waals surface area contributed by atoms with E-state index in [1.807, 2.05) is 13.8 Å². The summed E-state index contributed by atoms with van der Waals surface area (Å²) in [5, 5.41) is 1.72. The van der Waals surface area contributed by atoms with Crippen LogP contribution in [0.1, 0.15) is 90.0 Å². The molecule has 1 unspecified atom stereocenters. The number of aromatic nitrogens is 3. The van der Waals surface area contributed by atoms with Gasteiger partial charge in [0.1, 0.15) is 35.2 Å². The third-order valence-electron chi connectivity index (χ3n) is 13.8. The van der Waals surface area contributed by atoms with Gasteiger partial charge >= 0.3 is 12.1 Å². The maximum absolute atomic E-state index is 17.6. The van der Waals surface area contributed by atoms with E-state index in [9.17, 15) is 4.79 Å². The van der Waals surface area contributed by atoms with Crippen molar-refractivity contribution in [2.75, 3.05) is 65.2 Å². The van der Waals surface area contributed by atoms with Crippen molar-refractivity contribution in [3.05, 3.63) is 47.7 Å². The zero-order valence-electron chi connectivity index (χ0n) is 35.9. The quantitative estimate of drug-likeness (QED) is 0.120. The summed E-state index contributed by atoms with van der Waals surface area (Å²) in [6.45, 7) is 7.56. The molecule has 4 aromatic rings. The number of carbonyl (C=O) groups excluding carboxylic acids is 1. The number of nitrogens with zero attached hydrogens (tertiary/aromatic N) is 6. The average molecular weight is 845 g/mol. The van der Waals surface area contributed by atoms with Gasteiger partial charge in [-0.05, 0) is 118 Å². The molecule has 15 heteroatoms. The van der Waals surface area contributed by atoms with E-state index in [1.54, 1.807) is 36.3 Å². The van der Waals surface area contributed by atoms with Crippen LogP contribution in [0.15, 0.2) is 30.5 Å². The van der Waals surface area contributed by atoms with Gasteiger partial charge in [-0.25, -0.2) is 13.6 Å². The first kappa shape index (κ1) is 41.9. The number of ether oxygens (including phenoxy) is 6. The number of halogens is 2. The summed E-state index contributed by atoms with van der Waals surface area (Å²) in [7, 11) is 3.26. The van der Waals surface area contributed by atoms with Gasteiger partial charge in [0, 0.05) is 65.1 Å². The van der Waals surface area contributed by atoms with Gasteiger partial charge in [0.05, 0.1) is 17.0 Å². The van der Waals surface area contributed by atoms with Gasteiger partial charge in [0.2, 0.25) is 0 Å². The molecule has 3 atom stereocenters. The van der Waals surface area contributed by atoms with Gasteiger partial charge in [0.15, 0.2) is 25.1 Å². The number of amides is 1. The number of rotatable bonds is 13. The van der Waals surface area contributed by atoms with E-state index in [0.29, 0.717) is 58.2 Å². The highest BCUT2D eigenvalue weighted by Crippen LogP contribution is 2.51. The fourth-order valence-corrected chi connectivity index (χ4v) is 10.6. The number of anilines is 1. The molecule has 4 saturated heterocycles. The van der Waals surface area contributed by atoms with Crippen LogP contribution in [-0.2, 0) is 25.4 Å². The topological polar surface area (TPSA) is 121 Å². The molecule has 1 aliphatic carbocycles. The first-order chi connectivity index (χ1) is 29.6. The molecule has 2 aromatic carbocycles. The van der Waals surface area contributed by atoms with E-state index in [2.05, 4.69) is 9.80 Å². The Balaban J connectivity index is 1.08. The summed E-state index contributed by atoms with van der Waals surface area (Å²) in [5.41, 5.74) is 0.598. The second-order valence-electron chi connectivity index (χ2n) is 17.7. The van der Waals surface area contributed by atoms with Crippen LogP contribution >= 0.6 is 0 Å². The molecule has 4 aliphatic heterocycles. The van der Waals surface area contributed by atoms with Crippen molar-refractivity contribution >= 4 is 33.6 Å². The van der Waals surface area contributed by atoms with Gasteiger partial charge in [0.25, 0.3) is 0 Å². The van der Waals surface area contributed by atoms with E-state index < -0.39 is 5.82 Å². The normalized spacial score (nSPS) is 26.5. The largest absolute Gasteiger partial charge is 0.468 e. The molecule has 5 aliphatic rings. The van der Waals surface area contributed by atoms with Crippen molar-refractivity contribution in [3.8, 4) is 23.0 Å². The fraction of sp³-hybridized carbons (Fsp3) is 0.609. The summed E-state index contributed by atoms with van der Waals surface area (Å²) in [6, 6.07) is 6.65. The second-order valence-corrected chi connectivity index (χ2v) is 17.7. The molecule has 1 spiro atoms. The fourth-order valence-electron chi connectivity index (χ4n) is 10.6. The highest BCUT2D eigenvalue weighted by Gasteiger charge is 2.52. The van der Waals surface area contributed by atoms with Crippen LogP contribution in [0.5, 0.6) is 11.8 Å². The van der Waals surface area contributed by atoms with E-state index in [4.69, 9.17) is 43.4 Å². The molecule has 0 radical (unpaired) electrons. The molecule has 6 heterocycles. The maximum atomic E-state index is 17.6. The van der Waals surface area contributed by atoms with Gasteiger partial charge < -0.3 is 38.2 Å². The minimum absolute atomic E-state index is 0.0197. The van der Waals surface area contributed by atoms with Crippen molar-refractivity contribution in [1.82, 2.24) is 24.8 Å². The number of pyridine rings is 1. The lowest BCUT2D eigenvalue weighted by atomic mass is 9.62. The first-order valence-electron chi connectivity index (χ1n) is 22.2. The molecule has 9 rings (SSSR count). The predicted octanol–water partition coefficient (Wildman–Crippen LogP) is 8.38. The zero-order chi connectivity index (χ0) is 42.3. The van der Waals surface area contributed by atoms with Crippen LogP contribution < -0.4 is 14.4 Å². The Morgan fingerprint density at radius 3 is 2.66 bits per heavy atom. The highest BCUT2D eigenvalue weighted by molar-refractivity contribution is 6.02. The molecule has 0 bridgehead atoms. The third kappa shape index (κ3) is 8.07. The molecule has 1 amide bonds. The SMILES string of the molecule is CCc1c(F)ccc2cc(OCOC)cc(-c3ncc4c(N5CCCC6(CC(OC7CCCCO7)C6)C5)nc(OC[C@@]56CCCN5[C@@H](OC(=O)N(C)CC)CC6)nc4c3F)c12. The van der Waals surface area contributed by atoms with Crippen molar-refractivity contribution in [2.45, 2.75) is 115 Å². The van der Waals surface area contributed by atoms with E-state index in [0.717, 1.165) is 90.4 Å². The number of benzene rings is 2. The molecular formula is C46H58F2N6O7. The summed E-state index contributed by atoms with van der Waals surface area (Å²) in [6.07, 6.45) is 11.6. The monoisotopic (exact) mass is 844 g/mol. The lowest BCUT2D eigenvalue weighted by molar-refractivity contribution is -0.223. The number of carbonyl (C=O) groups is 1. The van der Waals surface area contributed by atoms with Crippen LogP contribution in [0.3, 0.4) is 0 Å². The lowest BCUT2D eigenvalue weighted by Gasteiger charge is -2.53. The van der Waals surface area contributed by atoms with Crippen molar-refractivity contribution in [2.24, 2.45) is 5.41 Å². The van der Waals surface area contributed by atoms with Crippen molar-refractivity contribution < 1.29 is 42.0 Å². The number of aryl methyl sites for hydroxylation is 1. The van der Waals surface area contributed by atoms with E-state index in [-0.39, 0.29) is 72.1 Å². The number of hydrogen-bond donors (Lipinski definition) is 0. The van der Waals surface area contributed by atoms with Crippen molar-refractivity contribution in [3.63, 3.8) is 0 Å². The molecule has 5 fully saturated rings. The van der Waals surface area contributed by atoms with Gasteiger partial charge in [-0.3, -0.25) is 9.88 Å². The molecule has 1 saturated carbocycles. The Bertz CT molecular complexity index is 2250. The van der Waals surface area contributed by atoms with E-state index >= 15 is 8.78 Å². The summed E-state index contributed by atoms with van der Waals surface area (Å²) in [5.74, 6) is -0.0300. The van der Waals surface area contributed by atoms with Crippen molar-refractivity contribution in [1.29, 1.82) is 0 Å². The van der Waals surface area contributed by atoms with E-state index in [1.165, 1.54) is 13.2 Å². The minimum Gasteiger partial charge on any atom is -0.468 e. The Labute approximate surface area is 356 Å². The molecule has 0 N–H and O–H groups in total. The standard InChI is InChI=1S/C46H58F2N6O7/c1-5-32-35(47)13-12-29-21-30(59-28-56-4)22-33(38(29)32)40-39(48)41-34(25-49-40)42(53-18-9-15-45(26-53)23-31(24-45)60-37-11-7-8-20-57-37)51-43(50-41)58-27-46-16-10-19-54(46)36(14-17-46)61-44(55)52(3)6-2/h12-13,21-22,25,31,36-37H,5-11,14-20,23-24,26-28H2,1-4H3/t31?,36-,37?,45?,46-/m0/s1. The number of piperidine rings is 1. The van der Waals surface area contributed by atoms with Gasteiger partial charge in [-0.1, -0.05) is 13.0 Å². The van der Waals surface area contributed by atoms with Crippen LogP contribution in [0.2, 0.25) is 0 Å². The van der Waals surface area contributed by atoms with Gasteiger partial charge in [-0.15, -0.1) is 0 Å². The molecule has 328 valence electrons. The molecule has 2 aromatic heterocycles. The summed E-state index contributed by atoms with van der Waals surface area (Å²) < 4.78 is 68.8. The Morgan fingerprint density at radius 1 is 1.02 bits per heavy atom. The summed E-state index contributed by atoms with van der Waals surface area (Å²) >= 11 is 0. The van der Waals surface area contributed by atoms with Gasteiger partial charge in [-0.2, -0.15) is 9.97 Å². The van der Waals surface area contributed by atoms with Crippen LogP contribution in [0.25, 0.3) is 32.9 Å². The van der Waals surface area contributed by atoms with Crippen LogP contribution in [-0.4, -0.2) is 115 Å². The van der Waals surface area contributed by atoms with Crippen LogP contribution in [0, 0.1) is 17.0 Å². The number of fused-ring (bicyclic) bond motifs is 3. The molecular weight excluding hydrogens is 787 g/mol. The first-order valence-corrected chi connectivity index (χ1v) is 22.2. The third-order valence-corrected chi connectivity index (χ3v) is 13.8. The number of methoxy groups -OCH3 is 1. The van der Waals surface area contributed by atoms with Crippen LogP contribution in [0.4, 0.5) is 19.4 Å². The zero-order valence-corrected chi connectivity index (χ0v) is 35.9.